The van der Waals surface area contributed by atoms with Crippen molar-refractivity contribution in [2.45, 2.75) is 47.0 Å². The average Bonchev–Trinajstić information content (AvgIpc) is 1.97. The van der Waals surface area contributed by atoms with Crippen LogP contribution in [-0.2, 0) is 0 Å². The van der Waals surface area contributed by atoms with Crippen molar-refractivity contribution in [1.29, 1.82) is 0 Å². The molecule has 0 aromatic heterocycles. The zero-order chi connectivity index (χ0) is 8.69. The minimum Gasteiger partial charge on any atom is -0.389 e. The third-order valence-electron chi connectivity index (χ3n) is 1.77. The first kappa shape index (κ1) is 10.5. The number of allylic oxidation sites excluding steroid dienone is 2. The van der Waals surface area contributed by atoms with E-state index in [4.69, 9.17) is 0 Å². The first-order valence-corrected chi connectivity index (χ1v) is 4.62. The average molecular weight is 155 g/mol. The first-order valence-electron chi connectivity index (χ1n) is 4.62. The molecule has 0 aliphatic rings. The molecule has 1 nitrogen and oxygen atoms in total. The molecular formula is C10H21N. The molecule has 0 unspecified atom stereocenters. The summed E-state index contributed by atoms with van der Waals surface area (Å²) in [5.41, 5.74) is 2.87. The molecule has 1 heteroatoms. The Balaban J connectivity index is 3.81. The molecule has 0 fully saturated rings. The van der Waals surface area contributed by atoms with Gasteiger partial charge in [0.2, 0.25) is 0 Å². The topological polar surface area (TPSA) is 12.0 Å². The van der Waals surface area contributed by atoms with Gasteiger partial charge in [0.15, 0.2) is 0 Å². The summed E-state index contributed by atoms with van der Waals surface area (Å²) in [4.78, 5) is 0. The molecular weight excluding hydrogens is 134 g/mol. The van der Waals surface area contributed by atoms with Crippen molar-refractivity contribution in [2.75, 3.05) is 6.54 Å². The normalized spacial score (nSPS) is 9.45. The minimum atomic E-state index is 1.05. The Morgan fingerprint density at radius 1 is 1.18 bits per heavy atom. The van der Waals surface area contributed by atoms with Crippen LogP contribution in [0, 0.1) is 0 Å². The van der Waals surface area contributed by atoms with E-state index < -0.39 is 0 Å². The fraction of sp³-hybridized carbons (Fsp3) is 0.800. The van der Waals surface area contributed by atoms with Gasteiger partial charge in [-0.3, -0.25) is 0 Å². The third kappa shape index (κ3) is 4.88. The lowest BCUT2D eigenvalue weighted by atomic mass is 10.1. The van der Waals surface area contributed by atoms with E-state index >= 15 is 0 Å². The zero-order valence-electron chi connectivity index (χ0n) is 8.33. The summed E-state index contributed by atoms with van der Waals surface area (Å²) in [6.45, 7) is 9.77. The van der Waals surface area contributed by atoms with Crippen LogP contribution < -0.4 is 5.32 Å². The van der Waals surface area contributed by atoms with Crippen LogP contribution in [0.15, 0.2) is 11.3 Å². The predicted molar refractivity (Wildman–Crippen MR) is 51.6 cm³/mol. The molecule has 11 heavy (non-hydrogen) atoms. The van der Waals surface area contributed by atoms with Gasteiger partial charge in [-0.1, -0.05) is 18.9 Å². The lowest BCUT2D eigenvalue weighted by Crippen LogP contribution is -2.13. The number of hydrogen-bond donors (Lipinski definition) is 1. The van der Waals surface area contributed by atoms with Crippen LogP contribution in [0.25, 0.3) is 0 Å². The van der Waals surface area contributed by atoms with Crippen LogP contribution >= 0.6 is 0 Å². The van der Waals surface area contributed by atoms with Gasteiger partial charge < -0.3 is 5.32 Å². The van der Waals surface area contributed by atoms with Gasteiger partial charge in [0, 0.05) is 12.2 Å². The maximum Gasteiger partial charge on any atom is 0.0115 e. The Kier molecular flexibility index (Phi) is 6.00. The number of unbranched alkanes of at least 4 members (excludes halogenated alkanes) is 1. The van der Waals surface area contributed by atoms with Crippen molar-refractivity contribution in [1.82, 2.24) is 5.32 Å². The van der Waals surface area contributed by atoms with Crippen molar-refractivity contribution in [2.24, 2.45) is 0 Å². The highest BCUT2D eigenvalue weighted by molar-refractivity contribution is 5.07. The highest BCUT2D eigenvalue weighted by Gasteiger charge is 1.95. The molecule has 0 saturated carbocycles. The first-order chi connectivity index (χ1) is 5.22. The molecule has 0 aromatic carbocycles. The fourth-order valence-corrected chi connectivity index (χ4v) is 1.08. The van der Waals surface area contributed by atoms with Gasteiger partial charge >= 0.3 is 0 Å². The summed E-state index contributed by atoms with van der Waals surface area (Å²) in [6.07, 6.45) is 3.79. The maximum atomic E-state index is 3.40. The zero-order valence-corrected chi connectivity index (χ0v) is 8.33. The molecule has 0 aromatic rings. The van der Waals surface area contributed by atoms with Gasteiger partial charge in [0.05, 0.1) is 0 Å². The predicted octanol–water partition coefficient (Wildman–Crippen LogP) is 3.08. The van der Waals surface area contributed by atoms with Crippen molar-refractivity contribution in [3.05, 3.63) is 11.3 Å². The second-order valence-corrected chi connectivity index (χ2v) is 3.11. The molecule has 0 rings (SSSR count). The van der Waals surface area contributed by atoms with Gasteiger partial charge in [-0.05, 0) is 33.6 Å². The summed E-state index contributed by atoms with van der Waals surface area (Å²) < 4.78 is 0. The molecule has 0 bridgehead atoms. The van der Waals surface area contributed by atoms with Gasteiger partial charge in [-0.25, -0.2) is 0 Å². The van der Waals surface area contributed by atoms with Gasteiger partial charge in [-0.2, -0.15) is 0 Å². The molecule has 0 radical (unpaired) electrons. The molecule has 0 saturated heterocycles. The summed E-state index contributed by atoms with van der Waals surface area (Å²) in [5.74, 6) is 0. The Morgan fingerprint density at radius 3 is 2.18 bits per heavy atom. The van der Waals surface area contributed by atoms with Crippen LogP contribution in [0.2, 0.25) is 0 Å². The molecule has 0 aliphatic carbocycles. The van der Waals surface area contributed by atoms with Gasteiger partial charge in [-0.15, -0.1) is 0 Å². The molecule has 0 heterocycles. The quantitative estimate of drug-likeness (QED) is 0.643. The molecule has 0 aliphatic heterocycles. The largest absolute Gasteiger partial charge is 0.389 e. The monoisotopic (exact) mass is 155 g/mol. The van der Waals surface area contributed by atoms with Gasteiger partial charge in [0.1, 0.15) is 0 Å². The Labute approximate surface area is 70.9 Å². The minimum absolute atomic E-state index is 1.05. The van der Waals surface area contributed by atoms with E-state index in [1.807, 2.05) is 0 Å². The smallest absolute Gasteiger partial charge is 0.0115 e. The SMILES string of the molecule is CCCCC(NCC)=C(C)C. The third-order valence-corrected chi connectivity index (χ3v) is 1.77. The summed E-state index contributed by atoms with van der Waals surface area (Å²) in [5, 5.41) is 3.40. The van der Waals surface area contributed by atoms with E-state index in [1.165, 1.54) is 30.5 Å². The lowest BCUT2D eigenvalue weighted by molar-refractivity contribution is 0.705. The van der Waals surface area contributed by atoms with E-state index in [-0.39, 0.29) is 0 Å². The lowest BCUT2D eigenvalue weighted by Gasteiger charge is -2.10. The van der Waals surface area contributed by atoms with E-state index in [9.17, 15) is 0 Å². The van der Waals surface area contributed by atoms with Crippen molar-refractivity contribution in [3.63, 3.8) is 0 Å². The maximum absolute atomic E-state index is 3.40. The molecule has 1 N–H and O–H groups in total. The Morgan fingerprint density at radius 2 is 1.82 bits per heavy atom. The highest BCUT2D eigenvalue weighted by Crippen LogP contribution is 2.08. The van der Waals surface area contributed by atoms with E-state index in [0.29, 0.717) is 0 Å². The number of nitrogens with one attached hydrogen (secondary N) is 1. The number of rotatable bonds is 5. The summed E-state index contributed by atoms with van der Waals surface area (Å²) in [6, 6.07) is 0. The van der Waals surface area contributed by atoms with Crippen LogP contribution in [0.1, 0.15) is 47.0 Å². The van der Waals surface area contributed by atoms with E-state index in [1.54, 1.807) is 0 Å². The van der Waals surface area contributed by atoms with Crippen molar-refractivity contribution in [3.8, 4) is 0 Å². The van der Waals surface area contributed by atoms with Crippen LogP contribution in [-0.4, -0.2) is 6.54 Å². The second-order valence-electron chi connectivity index (χ2n) is 3.11. The van der Waals surface area contributed by atoms with E-state index in [0.717, 1.165) is 6.54 Å². The van der Waals surface area contributed by atoms with Crippen molar-refractivity contribution >= 4 is 0 Å². The second kappa shape index (κ2) is 6.26. The molecule has 66 valence electrons. The summed E-state index contributed by atoms with van der Waals surface area (Å²) in [7, 11) is 0. The molecule has 0 amide bonds. The standard InChI is InChI=1S/C10H21N/c1-5-7-8-10(9(3)4)11-6-2/h11H,5-8H2,1-4H3. The Bertz CT molecular complexity index is 121. The summed E-state index contributed by atoms with van der Waals surface area (Å²) >= 11 is 0. The molecule has 0 atom stereocenters. The van der Waals surface area contributed by atoms with Crippen molar-refractivity contribution < 1.29 is 0 Å². The molecule has 0 spiro atoms. The fourth-order valence-electron chi connectivity index (χ4n) is 1.08. The van der Waals surface area contributed by atoms with Crippen LogP contribution in [0.4, 0.5) is 0 Å². The Hall–Kier alpha value is -0.460. The van der Waals surface area contributed by atoms with Gasteiger partial charge in [0.25, 0.3) is 0 Å². The van der Waals surface area contributed by atoms with Crippen LogP contribution in [0.5, 0.6) is 0 Å². The van der Waals surface area contributed by atoms with Crippen LogP contribution in [0.3, 0.4) is 0 Å². The number of hydrogen-bond acceptors (Lipinski definition) is 1. The highest BCUT2D eigenvalue weighted by atomic mass is 14.9. The van der Waals surface area contributed by atoms with E-state index in [2.05, 4.69) is 33.0 Å².